The van der Waals surface area contributed by atoms with Gasteiger partial charge in [0.15, 0.2) is 0 Å². The molecule has 0 radical (unpaired) electrons. The molecular formula is C16H20ClNO2S. The average molecular weight is 326 g/mol. The highest BCUT2D eigenvalue weighted by Crippen LogP contribution is 2.55. The van der Waals surface area contributed by atoms with E-state index in [0.29, 0.717) is 5.02 Å². The highest BCUT2D eigenvalue weighted by atomic mass is 35.5. The fourth-order valence-electron chi connectivity index (χ4n) is 5.21. The molecule has 1 aromatic carbocycles. The molecule has 4 fully saturated rings. The second-order valence-electron chi connectivity index (χ2n) is 7.26. The lowest BCUT2D eigenvalue weighted by molar-refractivity contribution is -0.00810. The SMILES string of the molecule is O=S(=O)(NC12CC3CC(CC(C3)C1)C2)c1cccc(Cl)c1. The maximum atomic E-state index is 12.7. The van der Waals surface area contributed by atoms with Crippen LogP contribution in [-0.4, -0.2) is 14.0 Å². The van der Waals surface area contributed by atoms with Gasteiger partial charge < -0.3 is 0 Å². The Balaban J connectivity index is 1.63. The first kappa shape index (κ1) is 14.0. The summed E-state index contributed by atoms with van der Waals surface area (Å²) in [6, 6.07) is 6.54. The first-order valence-corrected chi connectivity index (χ1v) is 9.60. The number of sulfonamides is 1. The second-order valence-corrected chi connectivity index (χ2v) is 9.38. The predicted octanol–water partition coefficient (Wildman–Crippen LogP) is 3.59. The summed E-state index contributed by atoms with van der Waals surface area (Å²) in [5, 5.41) is 0.461. The third kappa shape index (κ3) is 2.51. The molecule has 4 aliphatic carbocycles. The number of benzene rings is 1. The lowest BCUT2D eigenvalue weighted by Crippen LogP contribution is -2.59. The minimum absolute atomic E-state index is 0.199. The maximum absolute atomic E-state index is 12.7. The molecule has 0 amide bonds. The molecule has 4 saturated carbocycles. The summed E-state index contributed by atoms with van der Waals surface area (Å²) in [6.45, 7) is 0. The Morgan fingerprint density at radius 2 is 1.62 bits per heavy atom. The van der Waals surface area contributed by atoms with Crippen LogP contribution in [0.1, 0.15) is 38.5 Å². The minimum atomic E-state index is -3.48. The van der Waals surface area contributed by atoms with Crippen molar-refractivity contribution in [1.82, 2.24) is 4.72 Å². The van der Waals surface area contributed by atoms with Gasteiger partial charge in [0, 0.05) is 10.6 Å². The normalized spacial score (nSPS) is 37.9. The molecule has 0 saturated heterocycles. The molecule has 0 spiro atoms. The van der Waals surface area contributed by atoms with E-state index in [1.807, 2.05) is 0 Å². The Labute approximate surface area is 131 Å². The Kier molecular flexibility index (Phi) is 3.15. The number of rotatable bonds is 3. The molecule has 0 aromatic heterocycles. The third-order valence-corrected chi connectivity index (χ3v) is 7.31. The fraction of sp³-hybridized carbons (Fsp3) is 0.625. The van der Waals surface area contributed by atoms with Gasteiger partial charge in [-0.1, -0.05) is 17.7 Å². The van der Waals surface area contributed by atoms with E-state index >= 15 is 0 Å². The molecule has 1 N–H and O–H groups in total. The van der Waals surface area contributed by atoms with Gasteiger partial charge in [0.1, 0.15) is 0 Å². The first-order valence-electron chi connectivity index (χ1n) is 7.74. The lowest BCUT2D eigenvalue weighted by Gasteiger charge is -2.56. The zero-order valence-electron chi connectivity index (χ0n) is 11.9. The second kappa shape index (κ2) is 4.71. The van der Waals surface area contributed by atoms with Gasteiger partial charge in [-0.3, -0.25) is 0 Å². The monoisotopic (exact) mass is 325 g/mol. The van der Waals surface area contributed by atoms with E-state index in [-0.39, 0.29) is 10.4 Å². The summed E-state index contributed by atoms with van der Waals surface area (Å²) in [7, 11) is -3.48. The largest absolute Gasteiger partial charge is 0.241 e. The van der Waals surface area contributed by atoms with Crippen LogP contribution >= 0.6 is 11.6 Å². The zero-order chi connectivity index (χ0) is 14.7. The van der Waals surface area contributed by atoms with E-state index in [2.05, 4.69) is 4.72 Å². The van der Waals surface area contributed by atoms with Crippen LogP contribution in [0.25, 0.3) is 0 Å². The summed E-state index contributed by atoms with van der Waals surface area (Å²) in [6.07, 6.45) is 6.95. The summed E-state index contributed by atoms with van der Waals surface area (Å²) in [5.41, 5.74) is -0.199. The average Bonchev–Trinajstić information content (AvgIpc) is 2.35. The molecule has 3 nitrogen and oxygen atoms in total. The molecule has 21 heavy (non-hydrogen) atoms. The van der Waals surface area contributed by atoms with E-state index in [9.17, 15) is 8.42 Å². The highest BCUT2D eigenvalue weighted by molar-refractivity contribution is 7.89. The van der Waals surface area contributed by atoms with Gasteiger partial charge in [0.25, 0.3) is 0 Å². The molecule has 5 rings (SSSR count). The van der Waals surface area contributed by atoms with Crippen LogP contribution in [0.5, 0.6) is 0 Å². The Morgan fingerprint density at radius 1 is 1.05 bits per heavy atom. The third-order valence-electron chi connectivity index (χ3n) is 5.50. The van der Waals surface area contributed by atoms with Crippen LogP contribution in [0.2, 0.25) is 5.02 Å². The molecule has 5 heteroatoms. The topological polar surface area (TPSA) is 46.2 Å². The van der Waals surface area contributed by atoms with E-state index in [4.69, 9.17) is 11.6 Å². The summed E-state index contributed by atoms with van der Waals surface area (Å²) in [5.74, 6) is 2.16. The lowest BCUT2D eigenvalue weighted by atomic mass is 9.53. The molecule has 4 bridgehead atoms. The standard InChI is InChI=1S/C16H20ClNO2S/c17-14-2-1-3-15(7-14)21(19,20)18-16-8-11-4-12(9-16)6-13(5-11)10-16/h1-3,7,11-13,18H,4-6,8-10H2. The van der Waals surface area contributed by atoms with Crippen molar-refractivity contribution < 1.29 is 8.42 Å². The van der Waals surface area contributed by atoms with Crippen LogP contribution in [0.15, 0.2) is 29.2 Å². The Hall–Kier alpha value is -0.580. The maximum Gasteiger partial charge on any atom is 0.241 e. The molecule has 114 valence electrons. The Morgan fingerprint density at radius 3 is 2.14 bits per heavy atom. The van der Waals surface area contributed by atoms with Gasteiger partial charge in [-0.05, 0) is 74.5 Å². The van der Waals surface area contributed by atoms with Crippen LogP contribution in [0, 0.1) is 17.8 Å². The van der Waals surface area contributed by atoms with Crippen molar-refractivity contribution in [2.24, 2.45) is 17.8 Å². The molecule has 0 atom stereocenters. The van der Waals surface area contributed by atoms with E-state index in [1.165, 1.54) is 25.3 Å². The number of nitrogens with one attached hydrogen (secondary N) is 1. The summed E-state index contributed by atoms with van der Waals surface area (Å²) < 4.78 is 28.5. The molecule has 0 aliphatic heterocycles. The van der Waals surface area contributed by atoms with Gasteiger partial charge in [0.2, 0.25) is 10.0 Å². The van der Waals surface area contributed by atoms with Crippen molar-refractivity contribution in [3.63, 3.8) is 0 Å². The number of halogens is 1. The van der Waals surface area contributed by atoms with Gasteiger partial charge in [-0.2, -0.15) is 0 Å². The van der Waals surface area contributed by atoms with Crippen molar-refractivity contribution in [2.45, 2.75) is 49.0 Å². The van der Waals surface area contributed by atoms with Crippen LogP contribution < -0.4 is 4.72 Å². The summed E-state index contributed by atoms with van der Waals surface area (Å²) >= 11 is 5.93. The van der Waals surface area contributed by atoms with Crippen molar-refractivity contribution >= 4 is 21.6 Å². The van der Waals surface area contributed by atoms with Crippen molar-refractivity contribution in [3.8, 4) is 0 Å². The fourth-order valence-corrected chi connectivity index (χ4v) is 6.95. The van der Waals surface area contributed by atoms with Gasteiger partial charge in [-0.15, -0.1) is 0 Å². The molecule has 4 aliphatic rings. The Bertz CT molecular complexity index is 635. The predicted molar refractivity (Wildman–Crippen MR) is 82.7 cm³/mol. The summed E-state index contributed by atoms with van der Waals surface area (Å²) in [4.78, 5) is 0.283. The van der Waals surface area contributed by atoms with Crippen LogP contribution in [-0.2, 0) is 10.0 Å². The first-order chi connectivity index (χ1) is 9.94. The number of hydrogen-bond donors (Lipinski definition) is 1. The van der Waals surface area contributed by atoms with Crippen molar-refractivity contribution in [2.75, 3.05) is 0 Å². The molecular weight excluding hydrogens is 306 g/mol. The zero-order valence-corrected chi connectivity index (χ0v) is 13.5. The smallest absolute Gasteiger partial charge is 0.207 e. The van der Waals surface area contributed by atoms with Gasteiger partial charge >= 0.3 is 0 Å². The molecule has 1 aromatic rings. The van der Waals surface area contributed by atoms with Crippen molar-refractivity contribution in [3.05, 3.63) is 29.3 Å². The van der Waals surface area contributed by atoms with E-state index in [1.54, 1.807) is 18.2 Å². The van der Waals surface area contributed by atoms with E-state index in [0.717, 1.165) is 37.0 Å². The highest BCUT2D eigenvalue weighted by Gasteiger charge is 2.52. The molecule has 0 unspecified atom stereocenters. The van der Waals surface area contributed by atoms with Crippen LogP contribution in [0.3, 0.4) is 0 Å². The minimum Gasteiger partial charge on any atom is -0.207 e. The van der Waals surface area contributed by atoms with Crippen molar-refractivity contribution in [1.29, 1.82) is 0 Å². The molecule has 0 heterocycles. The van der Waals surface area contributed by atoms with Gasteiger partial charge in [-0.25, -0.2) is 13.1 Å². The van der Waals surface area contributed by atoms with Gasteiger partial charge in [0.05, 0.1) is 4.90 Å². The van der Waals surface area contributed by atoms with Crippen LogP contribution in [0.4, 0.5) is 0 Å². The number of hydrogen-bond acceptors (Lipinski definition) is 2. The quantitative estimate of drug-likeness (QED) is 0.923. The van der Waals surface area contributed by atoms with E-state index < -0.39 is 10.0 Å².